The highest BCUT2D eigenvalue weighted by Gasteiger charge is 2.46. The number of hydrogen-bond donors (Lipinski definition) is 3. The molecular formula is C9H18N2O3. The summed E-state index contributed by atoms with van der Waals surface area (Å²) < 4.78 is 0. The van der Waals surface area contributed by atoms with Crippen LogP contribution < -0.4 is 11.5 Å². The first-order valence-corrected chi connectivity index (χ1v) is 4.49. The second-order valence-electron chi connectivity index (χ2n) is 4.05. The molecule has 0 aromatic carbocycles. The van der Waals surface area contributed by atoms with Gasteiger partial charge in [0, 0.05) is 12.0 Å². The Morgan fingerprint density at radius 1 is 1.36 bits per heavy atom. The van der Waals surface area contributed by atoms with Gasteiger partial charge in [-0.05, 0) is 6.42 Å². The van der Waals surface area contributed by atoms with Gasteiger partial charge in [-0.25, -0.2) is 4.79 Å². The Labute approximate surface area is 83.5 Å². The second-order valence-corrected chi connectivity index (χ2v) is 4.05. The Kier molecular flexibility index (Phi) is 3.79. The monoisotopic (exact) mass is 202 g/mol. The van der Waals surface area contributed by atoms with E-state index in [4.69, 9.17) is 16.6 Å². The number of aliphatic carboxylic acids is 1. The average molecular weight is 202 g/mol. The molecule has 0 bridgehead atoms. The summed E-state index contributed by atoms with van der Waals surface area (Å²) in [5.41, 5.74) is 7.99. The van der Waals surface area contributed by atoms with Crippen LogP contribution in [-0.4, -0.2) is 28.9 Å². The summed E-state index contributed by atoms with van der Waals surface area (Å²) in [5, 5.41) is 8.84. The van der Waals surface area contributed by atoms with E-state index in [1.54, 1.807) is 20.8 Å². The lowest BCUT2D eigenvalue weighted by Gasteiger charge is -2.30. The van der Waals surface area contributed by atoms with Crippen LogP contribution in [0.2, 0.25) is 0 Å². The van der Waals surface area contributed by atoms with Crippen molar-refractivity contribution in [1.82, 2.24) is 0 Å². The SMILES string of the molecule is CCC(C)(C)C(=O)[C@](N)(CN)C(=O)O. The summed E-state index contributed by atoms with van der Waals surface area (Å²) in [4.78, 5) is 22.6. The molecule has 0 saturated carbocycles. The van der Waals surface area contributed by atoms with Crippen molar-refractivity contribution in [3.63, 3.8) is 0 Å². The van der Waals surface area contributed by atoms with Gasteiger partial charge >= 0.3 is 5.97 Å². The van der Waals surface area contributed by atoms with E-state index in [-0.39, 0.29) is 6.54 Å². The first kappa shape index (κ1) is 13.1. The molecule has 0 heterocycles. The smallest absolute Gasteiger partial charge is 0.332 e. The number of carboxylic acids is 1. The molecule has 0 radical (unpaired) electrons. The fraction of sp³-hybridized carbons (Fsp3) is 0.778. The average Bonchev–Trinajstić information content (AvgIpc) is 2.15. The van der Waals surface area contributed by atoms with Gasteiger partial charge in [-0.15, -0.1) is 0 Å². The maximum atomic E-state index is 11.8. The molecule has 5 nitrogen and oxygen atoms in total. The van der Waals surface area contributed by atoms with Crippen molar-refractivity contribution in [2.75, 3.05) is 6.54 Å². The summed E-state index contributed by atoms with van der Waals surface area (Å²) in [6, 6.07) is 0. The van der Waals surface area contributed by atoms with E-state index in [1.807, 2.05) is 0 Å². The fourth-order valence-electron chi connectivity index (χ4n) is 1.04. The summed E-state index contributed by atoms with van der Waals surface area (Å²) in [6.07, 6.45) is 0.526. The third-order valence-corrected chi connectivity index (χ3v) is 2.61. The number of carbonyl (C=O) groups is 2. The molecule has 0 rings (SSSR count). The number of ketones is 1. The molecule has 14 heavy (non-hydrogen) atoms. The van der Waals surface area contributed by atoms with Crippen molar-refractivity contribution >= 4 is 11.8 Å². The molecule has 82 valence electrons. The van der Waals surface area contributed by atoms with E-state index in [0.29, 0.717) is 6.42 Å². The molecule has 0 aromatic heterocycles. The van der Waals surface area contributed by atoms with Crippen LogP contribution in [0.4, 0.5) is 0 Å². The molecule has 0 unspecified atom stereocenters. The van der Waals surface area contributed by atoms with Crippen LogP contribution in [0, 0.1) is 5.41 Å². The van der Waals surface area contributed by atoms with Gasteiger partial charge in [0.05, 0.1) is 0 Å². The maximum absolute atomic E-state index is 11.8. The molecule has 0 amide bonds. The van der Waals surface area contributed by atoms with Crippen LogP contribution in [0.3, 0.4) is 0 Å². The molecular weight excluding hydrogens is 184 g/mol. The number of carboxylic acid groups (broad SMARTS) is 1. The van der Waals surface area contributed by atoms with Crippen molar-refractivity contribution in [1.29, 1.82) is 0 Å². The summed E-state index contributed by atoms with van der Waals surface area (Å²) in [5.74, 6) is -1.89. The highest BCUT2D eigenvalue weighted by Crippen LogP contribution is 2.26. The number of Topliss-reactive ketones (excluding diaryl/α,β-unsaturated/α-hetero) is 1. The van der Waals surface area contributed by atoms with Crippen molar-refractivity contribution in [2.45, 2.75) is 32.7 Å². The molecule has 0 aliphatic heterocycles. The lowest BCUT2D eigenvalue weighted by atomic mass is 9.75. The zero-order valence-electron chi connectivity index (χ0n) is 8.83. The minimum Gasteiger partial charge on any atom is -0.479 e. The Morgan fingerprint density at radius 2 is 1.79 bits per heavy atom. The topological polar surface area (TPSA) is 106 Å². The quantitative estimate of drug-likeness (QED) is 0.532. The second kappa shape index (κ2) is 4.06. The van der Waals surface area contributed by atoms with Gasteiger partial charge < -0.3 is 16.6 Å². The Bertz CT molecular complexity index is 250. The highest BCUT2D eigenvalue weighted by atomic mass is 16.4. The molecule has 1 atom stereocenters. The van der Waals surface area contributed by atoms with Gasteiger partial charge in [0.1, 0.15) is 0 Å². The molecule has 0 fully saturated rings. The minimum absolute atomic E-state index is 0.384. The standard InChI is InChI=1S/C9H18N2O3/c1-4-8(2,3)6(12)9(11,5-10)7(13)14/h4-5,10-11H2,1-3H3,(H,13,14)/t9-/m1/s1. The van der Waals surface area contributed by atoms with Crippen LogP contribution in [0.1, 0.15) is 27.2 Å². The van der Waals surface area contributed by atoms with E-state index < -0.39 is 22.7 Å². The van der Waals surface area contributed by atoms with Gasteiger partial charge in [-0.3, -0.25) is 4.79 Å². The maximum Gasteiger partial charge on any atom is 0.332 e. The van der Waals surface area contributed by atoms with E-state index in [0.717, 1.165) is 0 Å². The normalized spacial score (nSPS) is 16.1. The molecule has 0 saturated heterocycles. The van der Waals surface area contributed by atoms with Crippen LogP contribution in [0.5, 0.6) is 0 Å². The van der Waals surface area contributed by atoms with E-state index >= 15 is 0 Å². The molecule has 0 spiro atoms. The minimum atomic E-state index is -1.96. The van der Waals surface area contributed by atoms with Crippen molar-refractivity contribution < 1.29 is 14.7 Å². The van der Waals surface area contributed by atoms with Crippen LogP contribution in [-0.2, 0) is 9.59 Å². The predicted molar refractivity (Wildman–Crippen MR) is 52.7 cm³/mol. The van der Waals surface area contributed by atoms with Crippen LogP contribution in [0.15, 0.2) is 0 Å². The fourth-order valence-corrected chi connectivity index (χ4v) is 1.04. The molecule has 0 aromatic rings. The third kappa shape index (κ3) is 2.10. The number of rotatable bonds is 5. The molecule has 5 N–H and O–H groups in total. The summed E-state index contributed by atoms with van der Waals surface area (Å²) in [7, 11) is 0. The lowest BCUT2D eigenvalue weighted by molar-refractivity contribution is -0.151. The third-order valence-electron chi connectivity index (χ3n) is 2.61. The Balaban J connectivity index is 5.08. The van der Waals surface area contributed by atoms with E-state index in [9.17, 15) is 9.59 Å². The first-order valence-electron chi connectivity index (χ1n) is 4.49. The van der Waals surface area contributed by atoms with Crippen molar-refractivity contribution in [3.05, 3.63) is 0 Å². The number of carbonyl (C=O) groups excluding carboxylic acids is 1. The first-order chi connectivity index (χ1) is 6.22. The van der Waals surface area contributed by atoms with Crippen molar-refractivity contribution in [2.24, 2.45) is 16.9 Å². The molecule has 5 heteroatoms. The van der Waals surface area contributed by atoms with Gasteiger partial charge in [0.2, 0.25) is 0 Å². The number of nitrogens with two attached hydrogens (primary N) is 2. The van der Waals surface area contributed by atoms with Gasteiger partial charge in [0.15, 0.2) is 11.3 Å². The highest BCUT2D eigenvalue weighted by molar-refractivity contribution is 6.10. The molecule has 0 aliphatic carbocycles. The zero-order valence-corrected chi connectivity index (χ0v) is 8.83. The summed E-state index contributed by atoms with van der Waals surface area (Å²) >= 11 is 0. The zero-order chi connectivity index (χ0) is 11.6. The Hall–Kier alpha value is -0.940. The van der Waals surface area contributed by atoms with Gasteiger partial charge in [-0.1, -0.05) is 20.8 Å². The Morgan fingerprint density at radius 3 is 2.00 bits per heavy atom. The predicted octanol–water partition coefficient (Wildman–Crippen LogP) is -0.267. The van der Waals surface area contributed by atoms with Crippen LogP contribution in [0.25, 0.3) is 0 Å². The van der Waals surface area contributed by atoms with Gasteiger partial charge in [-0.2, -0.15) is 0 Å². The largest absolute Gasteiger partial charge is 0.479 e. The summed E-state index contributed by atoms with van der Waals surface area (Å²) in [6.45, 7) is 4.74. The number of hydrogen-bond acceptors (Lipinski definition) is 4. The van der Waals surface area contributed by atoms with Crippen molar-refractivity contribution in [3.8, 4) is 0 Å². The van der Waals surface area contributed by atoms with Crippen LogP contribution >= 0.6 is 0 Å². The van der Waals surface area contributed by atoms with Gasteiger partial charge in [0.25, 0.3) is 0 Å². The van der Waals surface area contributed by atoms with E-state index in [2.05, 4.69) is 0 Å². The molecule has 0 aliphatic rings. The van der Waals surface area contributed by atoms with E-state index in [1.165, 1.54) is 0 Å². The lowest BCUT2D eigenvalue weighted by Crippen LogP contribution is -2.63.